The fourth-order valence-corrected chi connectivity index (χ4v) is 3.60. The van der Waals surface area contributed by atoms with Gasteiger partial charge in [0.15, 0.2) is 5.16 Å². The maximum Gasteiger partial charge on any atom is 0.266 e. The highest BCUT2D eigenvalue weighted by molar-refractivity contribution is 7.98. The molecule has 0 aliphatic rings. The summed E-state index contributed by atoms with van der Waals surface area (Å²) in [6, 6.07) is 15.1. The van der Waals surface area contributed by atoms with Crippen LogP contribution in [0.2, 0.25) is 0 Å². The van der Waals surface area contributed by atoms with Crippen LogP contribution in [0.3, 0.4) is 0 Å². The van der Waals surface area contributed by atoms with Gasteiger partial charge in [-0.05, 0) is 30.7 Å². The summed E-state index contributed by atoms with van der Waals surface area (Å²) in [6.07, 6.45) is 0. The number of rotatable bonds is 4. The number of para-hydroxylation sites is 2. The third-order valence-electron chi connectivity index (χ3n) is 3.99. The van der Waals surface area contributed by atoms with Crippen molar-refractivity contribution >= 4 is 22.7 Å². The van der Waals surface area contributed by atoms with Crippen LogP contribution in [0.15, 0.2) is 62.9 Å². The number of fused-ring (bicyclic) bond motifs is 1. The van der Waals surface area contributed by atoms with Gasteiger partial charge in [0.1, 0.15) is 0 Å². The normalized spacial score (nSPS) is 11.2. The highest BCUT2D eigenvalue weighted by atomic mass is 32.2. The lowest BCUT2D eigenvalue weighted by Gasteiger charge is -2.14. The molecule has 0 atom stereocenters. The number of benzene rings is 2. The van der Waals surface area contributed by atoms with Crippen LogP contribution in [-0.2, 0) is 5.75 Å². The predicted octanol–water partition coefficient (Wildman–Crippen LogP) is 3.68. The molecular weight excluding hydrogens is 348 g/mol. The molecule has 0 amide bonds. The van der Waals surface area contributed by atoms with Gasteiger partial charge in [0.05, 0.1) is 22.3 Å². The Morgan fingerprint density at radius 3 is 2.58 bits per heavy atom. The first kappa shape index (κ1) is 16.5. The predicted molar refractivity (Wildman–Crippen MR) is 101 cm³/mol. The Morgan fingerprint density at radius 1 is 1.04 bits per heavy atom. The topological polar surface area (TPSA) is 73.8 Å². The molecule has 0 aliphatic heterocycles. The van der Waals surface area contributed by atoms with Crippen molar-refractivity contribution in [2.45, 2.75) is 24.8 Å². The van der Waals surface area contributed by atoms with Crippen LogP contribution >= 0.6 is 11.8 Å². The van der Waals surface area contributed by atoms with E-state index in [1.807, 2.05) is 49.4 Å². The van der Waals surface area contributed by atoms with Crippen molar-refractivity contribution in [3.05, 3.63) is 76.2 Å². The Hall–Kier alpha value is -2.93. The van der Waals surface area contributed by atoms with E-state index in [9.17, 15) is 4.79 Å². The third-order valence-corrected chi connectivity index (χ3v) is 4.92. The van der Waals surface area contributed by atoms with Gasteiger partial charge in [-0.1, -0.05) is 42.1 Å². The summed E-state index contributed by atoms with van der Waals surface area (Å²) in [6.45, 7) is 3.73. The minimum atomic E-state index is -0.0888. The Morgan fingerprint density at radius 2 is 1.81 bits per heavy atom. The van der Waals surface area contributed by atoms with Crippen LogP contribution in [0.25, 0.3) is 16.6 Å². The van der Waals surface area contributed by atoms with E-state index in [2.05, 4.69) is 10.2 Å². The van der Waals surface area contributed by atoms with Crippen LogP contribution in [-0.4, -0.2) is 19.7 Å². The van der Waals surface area contributed by atoms with E-state index in [4.69, 9.17) is 9.40 Å². The van der Waals surface area contributed by atoms with Gasteiger partial charge in [-0.2, -0.15) is 0 Å². The van der Waals surface area contributed by atoms with Crippen molar-refractivity contribution in [1.29, 1.82) is 0 Å². The van der Waals surface area contributed by atoms with Crippen molar-refractivity contribution in [2.24, 2.45) is 0 Å². The second kappa shape index (κ2) is 6.76. The molecule has 0 saturated heterocycles. The number of hydrogen-bond donors (Lipinski definition) is 0. The van der Waals surface area contributed by atoms with E-state index in [-0.39, 0.29) is 5.56 Å². The van der Waals surface area contributed by atoms with Gasteiger partial charge in [0.2, 0.25) is 11.8 Å². The lowest BCUT2D eigenvalue weighted by molar-refractivity contribution is 0.485. The second-order valence-corrected chi connectivity index (χ2v) is 6.78. The van der Waals surface area contributed by atoms with Crippen LogP contribution in [0, 0.1) is 13.8 Å². The van der Waals surface area contributed by atoms with Gasteiger partial charge in [-0.3, -0.25) is 9.36 Å². The van der Waals surface area contributed by atoms with Crippen molar-refractivity contribution in [1.82, 2.24) is 19.7 Å². The maximum atomic E-state index is 13.2. The summed E-state index contributed by atoms with van der Waals surface area (Å²) in [5.41, 5.74) is 2.41. The molecule has 6 nitrogen and oxygen atoms in total. The number of thioether (sulfide) groups is 1. The Kier molecular flexibility index (Phi) is 4.30. The summed E-state index contributed by atoms with van der Waals surface area (Å²) >= 11 is 1.40. The summed E-state index contributed by atoms with van der Waals surface area (Å²) in [5, 5.41) is 9.04. The zero-order chi connectivity index (χ0) is 18.1. The highest BCUT2D eigenvalue weighted by Gasteiger charge is 2.15. The molecule has 0 saturated carbocycles. The van der Waals surface area contributed by atoms with Gasteiger partial charge < -0.3 is 4.42 Å². The van der Waals surface area contributed by atoms with Crippen LogP contribution in [0.1, 0.15) is 17.3 Å². The van der Waals surface area contributed by atoms with Crippen molar-refractivity contribution in [3.8, 4) is 5.69 Å². The standard InChI is InChI=1S/C19H16N4O2S/c1-12-7-3-6-10-16(12)23-18(24)14-8-4-5-9-15(14)20-19(23)26-11-17-22-21-13(2)25-17/h3-10H,11H2,1-2H3. The number of aryl methyl sites for hydroxylation is 2. The fourth-order valence-electron chi connectivity index (χ4n) is 2.76. The molecule has 2 aromatic carbocycles. The lowest BCUT2D eigenvalue weighted by atomic mass is 10.2. The molecule has 2 aromatic heterocycles. The molecule has 7 heteroatoms. The molecule has 0 N–H and O–H groups in total. The first-order chi connectivity index (χ1) is 12.6. The molecule has 0 unspecified atom stereocenters. The molecular formula is C19H16N4O2S. The van der Waals surface area contributed by atoms with Gasteiger partial charge in [-0.25, -0.2) is 4.98 Å². The SMILES string of the molecule is Cc1nnc(CSc2nc3ccccc3c(=O)n2-c2ccccc2C)o1. The first-order valence-electron chi connectivity index (χ1n) is 8.13. The van der Waals surface area contributed by atoms with Crippen molar-refractivity contribution < 1.29 is 4.42 Å². The second-order valence-electron chi connectivity index (χ2n) is 5.84. The van der Waals surface area contributed by atoms with Gasteiger partial charge in [0.25, 0.3) is 5.56 Å². The third kappa shape index (κ3) is 3.01. The van der Waals surface area contributed by atoms with E-state index >= 15 is 0 Å². The van der Waals surface area contributed by atoms with Gasteiger partial charge >= 0.3 is 0 Å². The summed E-state index contributed by atoms with van der Waals surface area (Å²) in [4.78, 5) is 17.9. The smallest absolute Gasteiger partial charge is 0.266 e. The maximum absolute atomic E-state index is 13.2. The molecule has 26 heavy (non-hydrogen) atoms. The summed E-state index contributed by atoms with van der Waals surface area (Å²) < 4.78 is 7.09. The minimum Gasteiger partial charge on any atom is -0.425 e. The van der Waals surface area contributed by atoms with Gasteiger partial charge in [-0.15, -0.1) is 10.2 Å². The van der Waals surface area contributed by atoms with Crippen molar-refractivity contribution in [3.63, 3.8) is 0 Å². The first-order valence-corrected chi connectivity index (χ1v) is 9.11. The van der Waals surface area contributed by atoms with E-state index in [0.717, 1.165) is 11.3 Å². The molecule has 130 valence electrons. The zero-order valence-corrected chi connectivity index (χ0v) is 15.2. The van der Waals surface area contributed by atoms with E-state index in [1.165, 1.54) is 11.8 Å². The van der Waals surface area contributed by atoms with Crippen LogP contribution in [0.5, 0.6) is 0 Å². The molecule has 0 radical (unpaired) electrons. The molecule has 0 spiro atoms. The van der Waals surface area contributed by atoms with Crippen LogP contribution in [0.4, 0.5) is 0 Å². The molecule has 2 heterocycles. The minimum absolute atomic E-state index is 0.0888. The summed E-state index contributed by atoms with van der Waals surface area (Å²) in [5.74, 6) is 1.46. The summed E-state index contributed by atoms with van der Waals surface area (Å²) in [7, 11) is 0. The van der Waals surface area contributed by atoms with Gasteiger partial charge in [0, 0.05) is 6.92 Å². The Labute approximate surface area is 153 Å². The largest absolute Gasteiger partial charge is 0.425 e. The van der Waals surface area contributed by atoms with E-state index in [0.29, 0.717) is 33.6 Å². The Balaban J connectivity index is 1.88. The van der Waals surface area contributed by atoms with Crippen LogP contribution < -0.4 is 5.56 Å². The Bertz CT molecular complexity index is 1150. The monoisotopic (exact) mass is 364 g/mol. The number of aromatic nitrogens is 4. The number of hydrogen-bond acceptors (Lipinski definition) is 6. The highest BCUT2D eigenvalue weighted by Crippen LogP contribution is 2.25. The lowest BCUT2D eigenvalue weighted by Crippen LogP contribution is -2.22. The quantitative estimate of drug-likeness (QED) is 0.406. The molecule has 0 aliphatic carbocycles. The zero-order valence-electron chi connectivity index (χ0n) is 14.3. The fraction of sp³-hybridized carbons (Fsp3) is 0.158. The van der Waals surface area contributed by atoms with E-state index < -0.39 is 0 Å². The molecule has 0 bridgehead atoms. The molecule has 4 rings (SSSR count). The average molecular weight is 364 g/mol. The molecule has 4 aromatic rings. The molecule has 0 fully saturated rings. The van der Waals surface area contributed by atoms with Crippen molar-refractivity contribution in [2.75, 3.05) is 0 Å². The average Bonchev–Trinajstić information content (AvgIpc) is 3.06. The van der Waals surface area contributed by atoms with E-state index in [1.54, 1.807) is 17.6 Å². The number of nitrogens with zero attached hydrogens (tertiary/aromatic N) is 4.